The van der Waals surface area contributed by atoms with Crippen LogP contribution in [-0.2, 0) is 19.1 Å². The molecule has 0 spiro atoms. The lowest BCUT2D eigenvalue weighted by molar-refractivity contribution is -0.152. The van der Waals surface area contributed by atoms with E-state index in [4.69, 9.17) is 0 Å². The third-order valence-electron chi connectivity index (χ3n) is 3.02. The lowest BCUT2D eigenvalue weighted by Gasteiger charge is -2.07. The predicted molar refractivity (Wildman–Crippen MR) is 87.7 cm³/mol. The van der Waals surface area contributed by atoms with Crippen LogP contribution in [0.15, 0.2) is 30.3 Å². The lowest BCUT2D eigenvalue weighted by atomic mass is 10.1. The van der Waals surface area contributed by atoms with Crippen LogP contribution in [0.5, 0.6) is 0 Å². The highest BCUT2D eigenvalue weighted by Crippen LogP contribution is 2.28. The molecule has 4 rings (SSSR count). The minimum atomic E-state index is -1.12. The molecule has 2 aromatic heterocycles. The van der Waals surface area contributed by atoms with Crippen molar-refractivity contribution >= 4 is 46.4 Å². The predicted octanol–water partition coefficient (Wildman–Crippen LogP) is 2.67. The summed E-state index contributed by atoms with van der Waals surface area (Å²) in [5, 5.41) is 1.46. The number of rotatable bonds is 4. The summed E-state index contributed by atoms with van der Waals surface area (Å²) in [5.74, 6) is -1.33. The van der Waals surface area contributed by atoms with E-state index in [0.717, 1.165) is 5.52 Å². The number of carbonyl (C=O) groups is 2. The zero-order chi connectivity index (χ0) is 16.1. The molecule has 4 bridgehead atoms. The van der Waals surface area contributed by atoms with Crippen LogP contribution in [0.4, 0.5) is 0 Å². The molecule has 2 aromatic carbocycles. The van der Waals surface area contributed by atoms with Crippen LogP contribution in [0, 0.1) is 0 Å². The summed E-state index contributed by atoms with van der Waals surface area (Å²) < 4.78 is 9.11. The zero-order valence-corrected chi connectivity index (χ0v) is 13.3. The third-order valence-corrected chi connectivity index (χ3v) is 3.44. The van der Waals surface area contributed by atoms with Gasteiger partial charge in [0.25, 0.3) is 0 Å². The number of hydrogen-bond acceptors (Lipinski definition) is 6. The van der Waals surface area contributed by atoms with Gasteiger partial charge < -0.3 is 9.47 Å². The number of aromatic nitrogens is 1. The summed E-state index contributed by atoms with van der Waals surface area (Å²) in [7, 11) is 0. The van der Waals surface area contributed by atoms with Gasteiger partial charge in [-0.15, -0.1) is 0 Å². The number of benzene rings is 2. The number of esters is 2. The topological polar surface area (TPSA) is 65.5 Å². The van der Waals surface area contributed by atoms with Gasteiger partial charge in [-0.3, -0.25) is 9.59 Å². The molecule has 0 aliphatic carbocycles. The van der Waals surface area contributed by atoms with Crippen molar-refractivity contribution in [3.8, 4) is 0 Å². The van der Waals surface area contributed by atoms with Gasteiger partial charge in [0.05, 0.1) is 24.2 Å². The Bertz CT molecular complexity index is 687. The van der Waals surface area contributed by atoms with Gasteiger partial charge >= 0.3 is 11.9 Å². The number of para-hydroxylation sites is 1. The number of hydrogen-bond donors (Lipinski definition) is 1. The molecule has 2 heterocycles. The van der Waals surface area contributed by atoms with Gasteiger partial charge in [0.2, 0.25) is 0 Å². The second-order valence-corrected chi connectivity index (χ2v) is 5.00. The van der Waals surface area contributed by atoms with Crippen LogP contribution in [0.3, 0.4) is 0 Å². The highest BCUT2D eigenvalue weighted by Gasteiger charge is 2.24. The van der Waals surface area contributed by atoms with E-state index in [0.29, 0.717) is 0 Å². The molecular formula is C16H17NO4S. The second-order valence-electron chi connectivity index (χ2n) is 4.48. The van der Waals surface area contributed by atoms with Crippen molar-refractivity contribution in [2.24, 2.45) is 0 Å². The molecule has 22 heavy (non-hydrogen) atoms. The summed E-state index contributed by atoms with van der Waals surface area (Å²) in [6.07, 6.45) is 0. The van der Waals surface area contributed by atoms with E-state index in [1.165, 1.54) is 16.3 Å². The quantitative estimate of drug-likeness (QED) is 0.455. The monoisotopic (exact) mass is 319 g/mol. The van der Waals surface area contributed by atoms with Gasteiger partial charge in [0.1, 0.15) is 0 Å². The molecule has 0 atom stereocenters. The Morgan fingerprint density at radius 3 is 2.18 bits per heavy atom. The summed E-state index contributed by atoms with van der Waals surface area (Å²) in [4.78, 5) is 26.0. The number of thiol groups is 1. The van der Waals surface area contributed by atoms with E-state index in [9.17, 15) is 9.59 Å². The Morgan fingerprint density at radius 1 is 1.09 bits per heavy atom. The molecule has 0 aliphatic heterocycles. The minimum Gasteiger partial charge on any atom is -0.465 e. The highest BCUT2D eigenvalue weighted by atomic mass is 32.1. The molecule has 0 N–H and O–H groups in total. The average molecular weight is 319 g/mol. The number of fused-ring (bicyclic) bond motifs is 1. The first-order valence-electron chi connectivity index (χ1n) is 7.00. The maximum absolute atomic E-state index is 10.9. The molecule has 6 heteroatoms. The Hall–Kier alpha value is -2.08. The van der Waals surface area contributed by atoms with Gasteiger partial charge in [-0.1, -0.05) is 24.3 Å². The fraction of sp³-hybridized carbons (Fsp3) is 0.312. The van der Waals surface area contributed by atoms with E-state index in [-0.39, 0.29) is 13.2 Å². The van der Waals surface area contributed by atoms with E-state index in [2.05, 4.69) is 57.4 Å². The fourth-order valence-electron chi connectivity index (χ4n) is 1.99. The van der Waals surface area contributed by atoms with E-state index < -0.39 is 17.2 Å². The first kappa shape index (κ1) is 16.3. The van der Waals surface area contributed by atoms with Crippen molar-refractivity contribution in [1.82, 2.24) is 4.98 Å². The fourth-order valence-corrected chi connectivity index (χ4v) is 2.14. The van der Waals surface area contributed by atoms with E-state index in [1.54, 1.807) is 13.8 Å². The van der Waals surface area contributed by atoms with Crippen LogP contribution in [0.25, 0.3) is 21.8 Å². The molecule has 0 radical (unpaired) electrons. The normalized spacial score (nSPS) is 10.7. The number of nitrogens with zero attached hydrogens (tertiary/aromatic N) is 1. The summed E-state index contributed by atoms with van der Waals surface area (Å²) >= 11 is 3.74. The molecule has 116 valence electrons. The SMILES string of the molecule is CCOC(=O)C(S)C(=O)OCC.c1cc2ccc3c(c1)c2N=3. The van der Waals surface area contributed by atoms with Crippen LogP contribution >= 0.6 is 12.6 Å². The van der Waals surface area contributed by atoms with Crippen molar-refractivity contribution in [3.63, 3.8) is 0 Å². The van der Waals surface area contributed by atoms with Gasteiger partial charge in [0.15, 0.2) is 5.25 Å². The smallest absolute Gasteiger partial charge is 0.330 e. The standard InChI is InChI=1S/C9H5N.C7H12O4S/c1-2-6-4-5-8-7(3-1)9(6)10-8;1-3-10-6(8)5(12)7(9)11-4-2/h1-5H;5,12H,3-4H2,1-2H3. The average Bonchev–Trinajstić information content (AvgIpc) is 2.50. The first-order valence-corrected chi connectivity index (χ1v) is 7.51. The van der Waals surface area contributed by atoms with Crippen molar-refractivity contribution in [1.29, 1.82) is 0 Å². The molecular weight excluding hydrogens is 302 g/mol. The van der Waals surface area contributed by atoms with E-state index in [1.807, 2.05) is 0 Å². The van der Waals surface area contributed by atoms with Crippen molar-refractivity contribution < 1.29 is 19.1 Å². The van der Waals surface area contributed by atoms with Crippen LogP contribution in [0.2, 0.25) is 0 Å². The Morgan fingerprint density at radius 2 is 1.73 bits per heavy atom. The molecule has 0 amide bonds. The number of carbonyl (C=O) groups excluding carboxylic acids is 2. The van der Waals surface area contributed by atoms with Crippen molar-refractivity contribution in [2.45, 2.75) is 19.1 Å². The largest absolute Gasteiger partial charge is 0.465 e. The Kier molecular flexibility index (Phi) is 5.38. The Labute approximate surface area is 133 Å². The van der Waals surface area contributed by atoms with Gasteiger partial charge in [-0.2, -0.15) is 12.6 Å². The maximum Gasteiger partial charge on any atom is 0.330 e. The van der Waals surface area contributed by atoms with Gasteiger partial charge in [-0.05, 0) is 19.9 Å². The number of ether oxygens (including phenoxy) is 2. The molecule has 0 fully saturated rings. The maximum atomic E-state index is 10.9. The van der Waals surface area contributed by atoms with Gasteiger partial charge in [-0.25, -0.2) is 4.98 Å². The third kappa shape index (κ3) is 3.39. The molecule has 0 saturated carbocycles. The van der Waals surface area contributed by atoms with Gasteiger partial charge in [0, 0.05) is 10.8 Å². The summed E-state index contributed by atoms with van der Waals surface area (Å²) in [5.41, 5.74) is 2.32. The van der Waals surface area contributed by atoms with Crippen LogP contribution in [0.1, 0.15) is 13.8 Å². The molecule has 0 aliphatic rings. The number of pyridine rings is 1. The lowest BCUT2D eigenvalue weighted by Crippen LogP contribution is -2.28. The molecule has 4 aromatic rings. The summed E-state index contributed by atoms with van der Waals surface area (Å²) in [6.45, 7) is 3.78. The van der Waals surface area contributed by atoms with E-state index >= 15 is 0 Å². The molecule has 5 nitrogen and oxygen atoms in total. The minimum absolute atomic E-state index is 0.231. The molecule has 0 saturated heterocycles. The molecule has 0 unspecified atom stereocenters. The van der Waals surface area contributed by atoms with Crippen molar-refractivity contribution in [2.75, 3.05) is 13.2 Å². The Balaban J connectivity index is 0.000000161. The summed E-state index contributed by atoms with van der Waals surface area (Å²) in [6, 6.07) is 10.5. The zero-order valence-electron chi connectivity index (χ0n) is 12.4. The van der Waals surface area contributed by atoms with Crippen LogP contribution in [-0.4, -0.2) is 35.4 Å². The van der Waals surface area contributed by atoms with Crippen molar-refractivity contribution in [3.05, 3.63) is 30.3 Å². The first-order chi connectivity index (χ1) is 10.6. The second kappa shape index (κ2) is 7.26. The highest BCUT2D eigenvalue weighted by molar-refractivity contribution is 7.82. The van der Waals surface area contributed by atoms with Crippen LogP contribution < -0.4 is 0 Å².